The Kier molecular flexibility index (Phi) is 5.65. The average Bonchev–Trinajstić information content (AvgIpc) is 3.07. The number of nitrogens with zero attached hydrogens (tertiary/aromatic N) is 3. The van der Waals surface area contributed by atoms with Crippen molar-refractivity contribution in [1.29, 1.82) is 0 Å². The van der Waals surface area contributed by atoms with Crippen LogP contribution in [0.4, 0.5) is 16.2 Å². The summed E-state index contributed by atoms with van der Waals surface area (Å²) >= 11 is 1.34. The lowest BCUT2D eigenvalue weighted by atomic mass is 10.2. The van der Waals surface area contributed by atoms with Crippen molar-refractivity contribution >= 4 is 34.6 Å². The monoisotopic (exact) mass is 387 g/mol. The summed E-state index contributed by atoms with van der Waals surface area (Å²) in [6, 6.07) is 7.32. The highest BCUT2D eigenvalue weighted by atomic mass is 32.1. The van der Waals surface area contributed by atoms with Crippen molar-refractivity contribution in [2.45, 2.75) is 39.8 Å². The molecule has 2 heterocycles. The number of benzene rings is 1. The molecule has 144 valence electrons. The summed E-state index contributed by atoms with van der Waals surface area (Å²) in [5, 5.41) is 3.20. The van der Waals surface area contributed by atoms with Gasteiger partial charge in [-0.15, -0.1) is 11.3 Å². The minimum absolute atomic E-state index is 0.0367. The summed E-state index contributed by atoms with van der Waals surface area (Å²) in [7, 11) is 0. The lowest BCUT2D eigenvalue weighted by molar-refractivity contribution is 0.102. The van der Waals surface area contributed by atoms with Gasteiger partial charge in [-0.1, -0.05) is 12.1 Å². The second-order valence-corrected chi connectivity index (χ2v) is 7.85. The lowest BCUT2D eigenvalue weighted by Gasteiger charge is -2.34. The molecule has 3 rings (SSSR count). The average molecular weight is 388 g/mol. The Hall–Kier alpha value is -2.61. The van der Waals surface area contributed by atoms with E-state index in [0.29, 0.717) is 42.4 Å². The van der Waals surface area contributed by atoms with Gasteiger partial charge in [-0.25, -0.2) is 9.78 Å². The SMILES string of the molecule is CCN(C(=O)N1CCc2nc(C(=O)Nc3ccccc3N)sc2C1)C(C)C. The molecular formula is C19H25N5O2S. The van der Waals surface area contributed by atoms with Crippen LogP contribution in [-0.4, -0.2) is 45.9 Å². The first-order chi connectivity index (χ1) is 12.9. The van der Waals surface area contributed by atoms with Crippen LogP contribution in [0.1, 0.15) is 41.1 Å². The Morgan fingerprint density at radius 1 is 1.37 bits per heavy atom. The van der Waals surface area contributed by atoms with Crippen LogP contribution in [0.5, 0.6) is 0 Å². The van der Waals surface area contributed by atoms with E-state index in [1.165, 1.54) is 11.3 Å². The van der Waals surface area contributed by atoms with Crippen LogP contribution < -0.4 is 11.1 Å². The van der Waals surface area contributed by atoms with Gasteiger partial charge in [-0.3, -0.25) is 4.79 Å². The fraction of sp³-hybridized carbons (Fsp3) is 0.421. The third-order valence-electron chi connectivity index (χ3n) is 4.61. The maximum absolute atomic E-state index is 12.7. The predicted molar refractivity (Wildman–Crippen MR) is 108 cm³/mol. The van der Waals surface area contributed by atoms with Gasteiger partial charge in [0, 0.05) is 30.4 Å². The molecular weight excluding hydrogens is 362 g/mol. The maximum atomic E-state index is 12.7. The van der Waals surface area contributed by atoms with Crippen molar-refractivity contribution in [3.05, 3.63) is 39.8 Å². The van der Waals surface area contributed by atoms with Gasteiger partial charge in [0.2, 0.25) is 0 Å². The van der Waals surface area contributed by atoms with E-state index in [1.807, 2.05) is 42.7 Å². The number of nitrogens with two attached hydrogens (primary N) is 1. The molecule has 8 heteroatoms. The van der Waals surface area contributed by atoms with Crippen molar-refractivity contribution < 1.29 is 9.59 Å². The van der Waals surface area contributed by atoms with Gasteiger partial charge in [-0.05, 0) is 32.9 Å². The number of para-hydroxylation sites is 2. The molecule has 3 N–H and O–H groups in total. The Morgan fingerprint density at radius 3 is 2.78 bits per heavy atom. The van der Waals surface area contributed by atoms with Crippen LogP contribution in [0.15, 0.2) is 24.3 Å². The van der Waals surface area contributed by atoms with E-state index in [4.69, 9.17) is 5.73 Å². The molecule has 3 amide bonds. The number of nitrogen functional groups attached to an aromatic ring is 1. The van der Waals surface area contributed by atoms with E-state index >= 15 is 0 Å². The first-order valence-electron chi connectivity index (χ1n) is 9.10. The number of rotatable bonds is 4. The number of aromatic nitrogens is 1. The Labute approximate surface area is 163 Å². The summed E-state index contributed by atoms with van der Waals surface area (Å²) < 4.78 is 0. The Bertz CT molecular complexity index is 848. The number of hydrogen-bond acceptors (Lipinski definition) is 5. The molecule has 0 atom stereocenters. The van der Waals surface area contributed by atoms with Gasteiger partial charge in [0.25, 0.3) is 5.91 Å². The molecule has 2 aromatic rings. The molecule has 0 saturated heterocycles. The highest BCUT2D eigenvalue weighted by Gasteiger charge is 2.28. The van der Waals surface area contributed by atoms with E-state index in [2.05, 4.69) is 10.3 Å². The van der Waals surface area contributed by atoms with Gasteiger partial charge in [0.15, 0.2) is 5.01 Å². The number of nitrogens with one attached hydrogen (secondary N) is 1. The summed E-state index contributed by atoms with van der Waals surface area (Å²) in [6.07, 6.45) is 0.661. The number of carbonyl (C=O) groups is 2. The fourth-order valence-electron chi connectivity index (χ4n) is 3.15. The molecule has 0 fully saturated rings. The zero-order valence-corrected chi connectivity index (χ0v) is 16.7. The quantitative estimate of drug-likeness (QED) is 0.788. The van der Waals surface area contributed by atoms with E-state index in [1.54, 1.807) is 12.1 Å². The van der Waals surface area contributed by atoms with Crippen molar-refractivity contribution in [1.82, 2.24) is 14.8 Å². The van der Waals surface area contributed by atoms with Crippen molar-refractivity contribution in [3.63, 3.8) is 0 Å². The number of carbonyl (C=O) groups excluding carboxylic acids is 2. The molecule has 1 aromatic carbocycles. The molecule has 1 aliphatic heterocycles. The summed E-state index contributed by atoms with van der Waals surface area (Å²) in [6.45, 7) is 7.80. The molecule has 0 bridgehead atoms. The highest BCUT2D eigenvalue weighted by Crippen LogP contribution is 2.27. The molecule has 27 heavy (non-hydrogen) atoms. The minimum Gasteiger partial charge on any atom is -0.397 e. The summed E-state index contributed by atoms with van der Waals surface area (Å²) in [5.74, 6) is -0.275. The normalized spacial score (nSPS) is 13.4. The van der Waals surface area contributed by atoms with Crippen LogP contribution >= 0.6 is 11.3 Å². The van der Waals surface area contributed by atoms with Crippen LogP contribution in [-0.2, 0) is 13.0 Å². The first-order valence-corrected chi connectivity index (χ1v) is 9.92. The van der Waals surface area contributed by atoms with Crippen LogP contribution in [0.3, 0.4) is 0 Å². The van der Waals surface area contributed by atoms with Gasteiger partial charge in [0.05, 0.1) is 23.6 Å². The van der Waals surface area contributed by atoms with Crippen LogP contribution in [0.25, 0.3) is 0 Å². The zero-order valence-electron chi connectivity index (χ0n) is 15.9. The van der Waals surface area contributed by atoms with Gasteiger partial charge < -0.3 is 20.9 Å². The van der Waals surface area contributed by atoms with Gasteiger partial charge in [0.1, 0.15) is 0 Å². The lowest BCUT2D eigenvalue weighted by Crippen LogP contribution is -2.47. The Morgan fingerprint density at radius 2 is 2.11 bits per heavy atom. The number of urea groups is 1. The second-order valence-electron chi connectivity index (χ2n) is 6.76. The number of anilines is 2. The van der Waals surface area contributed by atoms with Crippen molar-refractivity contribution in [2.24, 2.45) is 0 Å². The third kappa shape index (κ3) is 4.05. The maximum Gasteiger partial charge on any atom is 0.320 e. The van der Waals surface area contributed by atoms with Gasteiger partial charge in [-0.2, -0.15) is 0 Å². The van der Waals surface area contributed by atoms with E-state index in [9.17, 15) is 9.59 Å². The largest absolute Gasteiger partial charge is 0.397 e. The van der Waals surface area contributed by atoms with Crippen LogP contribution in [0.2, 0.25) is 0 Å². The minimum atomic E-state index is -0.275. The van der Waals surface area contributed by atoms with E-state index < -0.39 is 0 Å². The Balaban J connectivity index is 1.72. The van der Waals surface area contributed by atoms with Crippen molar-refractivity contribution in [2.75, 3.05) is 24.1 Å². The summed E-state index contributed by atoms with van der Waals surface area (Å²) in [4.78, 5) is 34.4. The third-order valence-corrected chi connectivity index (χ3v) is 5.70. The second kappa shape index (κ2) is 7.96. The molecule has 0 radical (unpaired) electrons. The molecule has 0 saturated carbocycles. The molecule has 7 nitrogen and oxygen atoms in total. The first kappa shape index (κ1) is 19.2. The highest BCUT2D eigenvalue weighted by molar-refractivity contribution is 7.13. The number of hydrogen-bond donors (Lipinski definition) is 2. The predicted octanol–water partition coefficient (Wildman–Crippen LogP) is 3.19. The fourth-order valence-corrected chi connectivity index (χ4v) is 4.16. The zero-order chi connectivity index (χ0) is 19.6. The number of fused-ring (bicyclic) bond motifs is 1. The smallest absolute Gasteiger partial charge is 0.320 e. The number of amides is 3. The van der Waals surface area contributed by atoms with E-state index in [-0.39, 0.29) is 18.0 Å². The standard InChI is InChI=1S/C19H25N5O2S/c1-4-24(12(2)3)19(26)23-10-9-15-16(11-23)27-18(22-15)17(25)21-14-8-6-5-7-13(14)20/h5-8,12H,4,9-11,20H2,1-3H3,(H,21,25). The molecule has 0 unspecified atom stereocenters. The van der Waals surface area contributed by atoms with Crippen molar-refractivity contribution in [3.8, 4) is 0 Å². The summed E-state index contributed by atoms with van der Waals surface area (Å²) in [5.41, 5.74) is 7.87. The topological polar surface area (TPSA) is 91.6 Å². The molecule has 0 aliphatic carbocycles. The molecule has 0 spiro atoms. The van der Waals surface area contributed by atoms with E-state index in [0.717, 1.165) is 10.6 Å². The number of thiazole rings is 1. The van der Waals surface area contributed by atoms with Gasteiger partial charge >= 0.3 is 6.03 Å². The molecule has 1 aromatic heterocycles. The van der Waals surface area contributed by atoms with Crippen LogP contribution in [0, 0.1) is 0 Å². The molecule has 1 aliphatic rings.